The van der Waals surface area contributed by atoms with Crippen molar-refractivity contribution in [1.82, 2.24) is 4.37 Å². The van der Waals surface area contributed by atoms with E-state index in [-0.39, 0.29) is 12.4 Å². The van der Waals surface area contributed by atoms with Crippen molar-refractivity contribution in [2.45, 2.75) is 10.4 Å². The molecular weight excluding hydrogens is 515 g/mol. The lowest BCUT2D eigenvalue weighted by atomic mass is 10.1. The highest BCUT2D eigenvalue weighted by molar-refractivity contribution is 8.00. The number of nitrogens with zero attached hydrogens (tertiary/aromatic N) is 1. The molecule has 2 aromatic heterocycles. The molecule has 182 valence electrons. The molecule has 0 spiro atoms. The molecule has 8 nitrogen and oxygen atoms in total. The Bertz CT molecular complexity index is 1180. The molecule has 0 saturated carbocycles. The molecule has 0 radical (unpaired) electrons. The first kappa shape index (κ1) is 27.1. The van der Waals surface area contributed by atoms with Crippen LogP contribution >= 0.6 is 33.8 Å². The topological polar surface area (TPSA) is 138 Å². The van der Waals surface area contributed by atoms with Gasteiger partial charge in [0.1, 0.15) is 38.1 Å². The number of hydrogen-bond donors (Lipinski definition) is 2. The second-order valence-corrected chi connectivity index (χ2v) is 9.80. The molecule has 3 rings (SSSR count). The summed E-state index contributed by atoms with van der Waals surface area (Å²) >= 11 is 3.16. The van der Waals surface area contributed by atoms with E-state index in [4.69, 9.17) is 30.2 Å². The van der Waals surface area contributed by atoms with E-state index >= 15 is 0 Å². The molecule has 1 atom stereocenters. The highest BCUT2D eigenvalue weighted by Crippen LogP contribution is 2.43. The number of benzene rings is 1. The molecular formula is C20H18F3N3O5S3. The lowest BCUT2D eigenvalue weighted by Crippen LogP contribution is -2.37. The Morgan fingerprint density at radius 3 is 2.53 bits per heavy atom. The number of nitrogens with two attached hydrogens (primary N) is 1. The number of amidine groups is 1. The number of carboxylic acid groups (broad SMARTS) is 1. The highest BCUT2D eigenvalue weighted by atomic mass is 32.2. The van der Waals surface area contributed by atoms with E-state index in [1.54, 1.807) is 17.8 Å². The van der Waals surface area contributed by atoms with Crippen LogP contribution in [0.25, 0.3) is 16.2 Å². The van der Waals surface area contributed by atoms with Crippen molar-refractivity contribution in [1.29, 1.82) is 5.41 Å². The third-order valence-corrected chi connectivity index (χ3v) is 7.96. The van der Waals surface area contributed by atoms with Crippen LogP contribution in [0.3, 0.4) is 0 Å². The average molecular weight is 534 g/mol. The fourth-order valence-electron chi connectivity index (χ4n) is 2.29. The van der Waals surface area contributed by atoms with E-state index in [2.05, 4.69) is 10.1 Å². The number of carbonyl (C=O) groups excluding carboxylic acids is 2. The second kappa shape index (κ2) is 11.9. The average Bonchev–Trinajstić information content (AvgIpc) is 3.44. The van der Waals surface area contributed by atoms with Crippen molar-refractivity contribution < 1.29 is 37.3 Å². The number of aliphatic carboxylic acids is 1. The van der Waals surface area contributed by atoms with E-state index < -0.39 is 28.8 Å². The number of ether oxygens (including phenoxy) is 2. The molecule has 1 aromatic carbocycles. The first-order chi connectivity index (χ1) is 16.0. The number of esters is 1. The largest absolute Gasteiger partial charge is 0.542 e. The molecule has 0 aliphatic carbocycles. The lowest BCUT2D eigenvalue weighted by molar-refractivity contribution is -0.344. The van der Waals surface area contributed by atoms with E-state index in [0.29, 0.717) is 5.75 Å². The molecule has 3 aromatic rings. The number of alkyl halides is 3. The number of rotatable bonds is 7. The third kappa shape index (κ3) is 7.46. The minimum absolute atomic E-state index is 0.0768. The number of hydrogen-bond acceptors (Lipinski definition) is 9. The van der Waals surface area contributed by atoms with Crippen LogP contribution in [0.5, 0.6) is 5.75 Å². The number of nitrogens with one attached hydrogen (secondary N) is 1. The smallest absolute Gasteiger partial charge is 0.430 e. The maximum absolute atomic E-state index is 11.2. The van der Waals surface area contributed by atoms with Gasteiger partial charge in [-0.1, -0.05) is 12.1 Å². The summed E-state index contributed by atoms with van der Waals surface area (Å²) in [4.78, 5) is 21.9. The van der Waals surface area contributed by atoms with Crippen LogP contribution in [-0.4, -0.2) is 48.3 Å². The van der Waals surface area contributed by atoms with Crippen molar-refractivity contribution in [3.63, 3.8) is 0 Å². The van der Waals surface area contributed by atoms with Crippen molar-refractivity contribution >= 4 is 51.5 Å². The molecule has 34 heavy (non-hydrogen) atoms. The Labute approximate surface area is 203 Å². The predicted molar refractivity (Wildman–Crippen MR) is 123 cm³/mol. The summed E-state index contributed by atoms with van der Waals surface area (Å²) in [7, 11) is 0.908. The maximum Gasteiger partial charge on any atom is 0.430 e. The van der Waals surface area contributed by atoms with E-state index in [9.17, 15) is 18.0 Å². The van der Waals surface area contributed by atoms with Gasteiger partial charge in [0.25, 0.3) is 0 Å². The highest BCUT2D eigenvalue weighted by Gasteiger charge is 2.28. The zero-order valence-corrected chi connectivity index (χ0v) is 20.1. The summed E-state index contributed by atoms with van der Waals surface area (Å²) in [5.74, 6) is -2.77. The van der Waals surface area contributed by atoms with Crippen LogP contribution in [0, 0.1) is 5.41 Å². The van der Waals surface area contributed by atoms with Crippen LogP contribution in [0.15, 0.2) is 46.0 Å². The minimum atomic E-state index is -5.19. The zero-order valence-electron chi connectivity index (χ0n) is 17.7. The standard InChI is InChI=1S/C18H18N3O3S3.C2HF3O2/c1-23-16(22)10-24-12-5-3-4-11(8-12)13-6-7-27(21-13)15-9-14(17(19)20)26-18(15)25-2;3-2(4,5)1(6)7/h3-9H,10H2,1-2H3,(H3,19,20);(H,6,7)/q+1;/p-1. The number of methoxy groups -OCH3 is 1. The molecule has 14 heteroatoms. The summed E-state index contributed by atoms with van der Waals surface area (Å²) in [6, 6.07) is 11.4. The molecule has 1 unspecified atom stereocenters. The van der Waals surface area contributed by atoms with Crippen LogP contribution < -0.4 is 15.6 Å². The van der Waals surface area contributed by atoms with Gasteiger partial charge in [0, 0.05) is 17.7 Å². The van der Waals surface area contributed by atoms with Crippen LogP contribution in [0.2, 0.25) is 0 Å². The molecule has 3 N–H and O–H groups in total. The second-order valence-electron chi connectivity index (χ2n) is 6.15. The van der Waals surface area contributed by atoms with Crippen molar-refractivity contribution in [2.24, 2.45) is 5.73 Å². The Hall–Kier alpha value is -3.10. The van der Waals surface area contributed by atoms with Gasteiger partial charge in [-0.15, -0.1) is 23.1 Å². The number of carboxylic acids is 1. The van der Waals surface area contributed by atoms with Gasteiger partial charge in [-0.2, -0.15) is 13.2 Å². The van der Waals surface area contributed by atoms with Gasteiger partial charge in [0.15, 0.2) is 12.0 Å². The Balaban J connectivity index is 0.000000509. The van der Waals surface area contributed by atoms with Crippen molar-refractivity contribution in [3.8, 4) is 21.9 Å². The van der Waals surface area contributed by atoms with Gasteiger partial charge in [-0.05, 0) is 22.8 Å². The Kier molecular flexibility index (Phi) is 9.46. The summed E-state index contributed by atoms with van der Waals surface area (Å²) < 4.78 is 47.5. The van der Waals surface area contributed by atoms with Gasteiger partial charge in [-0.25, -0.2) is 4.79 Å². The zero-order chi connectivity index (χ0) is 25.5. The number of carbonyl (C=O) groups is 2. The van der Waals surface area contributed by atoms with Gasteiger partial charge < -0.3 is 25.1 Å². The van der Waals surface area contributed by atoms with Gasteiger partial charge >= 0.3 is 12.1 Å². The van der Waals surface area contributed by atoms with Gasteiger partial charge in [0.2, 0.25) is 4.90 Å². The molecule has 0 amide bonds. The van der Waals surface area contributed by atoms with Gasteiger partial charge in [-0.3, -0.25) is 5.41 Å². The summed E-state index contributed by atoms with van der Waals surface area (Å²) in [5, 5.41) is 18.5. The predicted octanol–water partition coefficient (Wildman–Crippen LogP) is 3.40. The maximum atomic E-state index is 11.2. The molecule has 0 fully saturated rings. The third-order valence-electron chi connectivity index (χ3n) is 3.84. The molecule has 0 bridgehead atoms. The van der Waals surface area contributed by atoms with Gasteiger partial charge in [0.05, 0.1) is 12.0 Å². The summed E-state index contributed by atoms with van der Waals surface area (Å²) in [5.41, 5.74) is 7.40. The molecule has 0 saturated heterocycles. The van der Waals surface area contributed by atoms with E-state index in [0.717, 1.165) is 25.2 Å². The van der Waals surface area contributed by atoms with Crippen LogP contribution in [-0.2, 0) is 14.3 Å². The Morgan fingerprint density at radius 1 is 1.29 bits per heavy atom. The summed E-state index contributed by atoms with van der Waals surface area (Å²) in [6.45, 7) is -0.132. The first-order valence-electron chi connectivity index (χ1n) is 9.06. The normalized spacial score (nSPS) is 11.3. The number of aromatic nitrogens is 1. The van der Waals surface area contributed by atoms with Crippen molar-refractivity contribution in [3.05, 3.63) is 46.7 Å². The number of halogens is 3. The fraction of sp³-hybridized carbons (Fsp3) is 0.200. The van der Waals surface area contributed by atoms with Crippen LogP contribution in [0.4, 0.5) is 13.2 Å². The van der Waals surface area contributed by atoms with Crippen LogP contribution in [0.1, 0.15) is 4.88 Å². The monoisotopic (exact) mass is 533 g/mol. The SMILES string of the molecule is COC(=O)COc1cccc(-c2cc[s+](-c3cc(C(=N)N)sc3SC)n2)c1.O=C([O-])C(F)(F)F. The molecule has 0 aliphatic heterocycles. The summed E-state index contributed by atoms with van der Waals surface area (Å²) in [6.07, 6.45) is -3.19. The molecule has 2 heterocycles. The lowest BCUT2D eigenvalue weighted by Gasteiger charge is -2.05. The Morgan fingerprint density at radius 2 is 1.97 bits per heavy atom. The number of thioether (sulfide) groups is 1. The minimum Gasteiger partial charge on any atom is -0.542 e. The number of thiophene rings is 1. The molecule has 0 aliphatic rings. The first-order valence-corrected chi connectivity index (χ1v) is 12.4. The van der Waals surface area contributed by atoms with E-state index in [1.165, 1.54) is 18.4 Å². The number of nitrogen functional groups attached to an aromatic ring is 1. The quantitative estimate of drug-likeness (QED) is 0.155. The van der Waals surface area contributed by atoms with Crippen molar-refractivity contribution in [2.75, 3.05) is 20.0 Å². The van der Waals surface area contributed by atoms with E-state index in [1.807, 2.05) is 36.6 Å². The fourth-order valence-corrected chi connectivity index (χ4v) is 6.11.